The molecule has 104 valence electrons. The molecule has 3 rings (SSSR count). The summed E-state index contributed by atoms with van der Waals surface area (Å²) in [7, 11) is 0. The van der Waals surface area contributed by atoms with Gasteiger partial charge in [-0.25, -0.2) is 4.39 Å². The van der Waals surface area contributed by atoms with Gasteiger partial charge in [-0.3, -0.25) is 9.59 Å². The van der Waals surface area contributed by atoms with Crippen LogP contribution in [0.15, 0.2) is 36.4 Å². The number of carboxylic acids is 1. The Kier molecular flexibility index (Phi) is 3.02. The smallest absolute Gasteiger partial charge is 0.310 e. The number of carbonyl (C=O) groups excluding carboxylic acids is 1. The van der Waals surface area contributed by atoms with Crippen molar-refractivity contribution in [2.24, 2.45) is 11.8 Å². The SMILES string of the molecule is O=C(O)C1C2C=CC(O2)C1C(=O)Nc1cccc(F)c1. The molecule has 5 nitrogen and oxygen atoms in total. The predicted octanol–water partition coefficient (Wildman–Crippen LogP) is 1.42. The lowest BCUT2D eigenvalue weighted by atomic mass is 9.82. The van der Waals surface area contributed by atoms with Crippen molar-refractivity contribution < 1.29 is 23.8 Å². The molecule has 1 amide bonds. The van der Waals surface area contributed by atoms with E-state index in [2.05, 4.69) is 5.32 Å². The average molecular weight is 277 g/mol. The minimum absolute atomic E-state index is 0.297. The molecule has 4 unspecified atom stereocenters. The second-order valence-electron chi connectivity index (χ2n) is 4.84. The Labute approximate surface area is 114 Å². The number of nitrogens with one attached hydrogen (secondary N) is 1. The van der Waals surface area contributed by atoms with Crippen molar-refractivity contribution in [1.82, 2.24) is 0 Å². The number of ether oxygens (including phenoxy) is 1. The third-order valence-electron chi connectivity index (χ3n) is 3.58. The van der Waals surface area contributed by atoms with Crippen molar-refractivity contribution in [3.05, 3.63) is 42.2 Å². The molecule has 1 fully saturated rings. The van der Waals surface area contributed by atoms with Crippen molar-refractivity contribution in [2.75, 3.05) is 5.32 Å². The number of fused-ring (bicyclic) bond motifs is 2. The summed E-state index contributed by atoms with van der Waals surface area (Å²) in [5.74, 6) is -3.72. The molecule has 1 aromatic rings. The maximum Gasteiger partial charge on any atom is 0.310 e. The fourth-order valence-electron chi connectivity index (χ4n) is 2.71. The summed E-state index contributed by atoms with van der Waals surface area (Å²) in [6.07, 6.45) is 2.26. The summed E-state index contributed by atoms with van der Waals surface area (Å²) in [4.78, 5) is 23.5. The molecular weight excluding hydrogens is 265 g/mol. The zero-order chi connectivity index (χ0) is 14.3. The van der Waals surface area contributed by atoms with E-state index in [9.17, 15) is 19.1 Å². The van der Waals surface area contributed by atoms with Gasteiger partial charge in [-0.1, -0.05) is 18.2 Å². The molecule has 6 heteroatoms. The summed E-state index contributed by atoms with van der Waals surface area (Å²) in [5, 5.41) is 11.7. The number of hydrogen-bond donors (Lipinski definition) is 2. The average Bonchev–Trinajstić information content (AvgIpc) is 2.98. The van der Waals surface area contributed by atoms with E-state index in [0.717, 1.165) is 0 Å². The predicted molar refractivity (Wildman–Crippen MR) is 67.4 cm³/mol. The number of rotatable bonds is 3. The monoisotopic (exact) mass is 277 g/mol. The van der Waals surface area contributed by atoms with Crippen molar-refractivity contribution in [2.45, 2.75) is 12.2 Å². The van der Waals surface area contributed by atoms with Crippen LogP contribution in [-0.4, -0.2) is 29.2 Å². The quantitative estimate of drug-likeness (QED) is 0.819. The zero-order valence-corrected chi connectivity index (χ0v) is 10.3. The van der Waals surface area contributed by atoms with Gasteiger partial charge in [0, 0.05) is 5.69 Å². The number of amides is 1. The molecule has 0 aromatic heterocycles. The van der Waals surface area contributed by atoms with Crippen LogP contribution in [0.2, 0.25) is 0 Å². The number of aliphatic carboxylic acids is 1. The van der Waals surface area contributed by atoms with Crippen LogP contribution in [0.3, 0.4) is 0 Å². The Morgan fingerprint density at radius 1 is 1.20 bits per heavy atom. The molecule has 2 bridgehead atoms. The van der Waals surface area contributed by atoms with Gasteiger partial charge in [0.2, 0.25) is 5.91 Å². The van der Waals surface area contributed by atoms with E-state index in [1.54, 1.807) is 18.2 Å². The highest BCUT2D eigenvalue weighted by Gasteiger charge is 2.53. The second kappa shape index (κ2) is 4.72. The minimum atomic E-state index is -1.07. The molecule has 1 aromatic carbocycles. The number of carbonyl (C=O) groups is 2. The summed E-state index contributed by atoms with van der Waals surface area (Å²) in [6, 6.07) is 5.45. The van der Waals surface area contributed by atoms with Gasteiger partial charge in [-0.2, -0.15) is 0 Å². The number of anilines is 1. The van der Waals surface area contributed by atoms with Crippen LogP contribution < -0.4 is 5.32 Å². The highest BCUT2D eigenvalue weighted by molar-refractivity contribution is 5.96. The first-order valence-corrected chi connectivity index (χ1v) is 6.19. The normalized spacial score (nSPS) is 30.4. The first-order valence-electron chi connectivity index (χ1n) is 6.19. The highest BCUT2D eigenvalue weighted by Crippen LogP contribution is 2.39. The van der Waals surface area contributed by atoms with Gasteiger partial charge in [0.05, 0.1) is 18.1 Å². The Hall–Kier alpha value is -2.21. The van der Waals surface area contributed by atoms with E-state index >= 15 is 0 Å². The first kappa shape index (κ1) is 12.8. The molecule has 4 atom stereocenters. The highest BCUT2D eigenvalue weighted by atomic mass is 19.1. The van der Waals surface area contributed by atoms with E-state index in [-0.39, 0.29) is 0 Å². The first-order chi connectivity index (χ1) is 9.56. The number of benzene rings is 1. The molecule has 0 radical (unpaired) electrons. The standard InChI is InChI=1S/C14H12FNO4/c15-7-2-1-3-8(6-7)16-13(17)11-9-4-5-10(20-9)12(11)14(18)19/h1-6,9-12H,(H,16,17)(H,18,19). The molecule has 20 heavy (non-hydrogen) atoms. The van der Waals surface area contributed by atoms with E-state index in [1.807, 2.05) is 0 Å². The van der Waals surface area contributed by atoms with Gasteiger partial charge in [0.25, 0.3) is 0 Å². The third kappa shape index (κ3) is 2.08. The summed E-state index contributed by atoms with van der Waals surface area (Å²) in [6.45, 7) is 0. The molecule has 2 aliphatic rings. The van der Waals surface area contributed by atoms with Crippen molar-refractivity contribution in [3.8, 4) is 0 Å². The van der Waals surface area contributed by atoms with E-state index in [1.165, 1.54) is 18.2 Å². The molecule has 2 N–H and O–H groups in total. The molecular formula is C14H12FNO4. The summed E-state index contributed by atoms with van der Waals surface area (Å²) in [5.41, 5.74) is 0.297. The van der Waals surface area contributed by atoms with E-state index in [4.69, 9.17) is 4.74 Å². The molecule has 0 spiro atoms. The zero-order valence-electron chi connectivity index (χ0n) is 10.3. The maximum atomic E-state index is 13.1. The minimum Gasteiger partial charge on any atom is -0.481 e. The lowest BCUT2D eigenvalue weighted by Crippen LogP contribution is -2.39. The van der Waals surface area contributed by atoms with E-state index < -0.39 is 41.7 Å². The Morgan fingerprint density at radius 2 is 1.90 bits per heavy atom. The van der Waals surface area contributed by atoms with Crippen LogP contribution >= 0.6 is 0 Å². The van der Waals surface area contributed by atoms with Gasteiger partial charge in [0.15, 0.2) is 0 Å². The Balaban J connectivity index is 1.80. The molecule has 2 aliphatic heterocycles. The van der Waals surface area contributed by atoms with Crippen LogP contribution in [-0.2, 0) is 14.3 Å². The van der Waals surface area contributed by atoms with Gasteiger partial charge >= 0.3 is 5.97 Å². The largest absolute Gasteiger partial charge is 0.481 e. The fourth-order valence-corrected chi connectivity index (χ4v) is 2.71. The molecule has 0 saturated carbocycles. The van der Waals surface area contributed by atoms with Crippen LogP contribution in [0.25, 0.3) is 0 Å². The Bertz CT molecular complexity index is 601. The molecule has 1 saturated heterocycles. The third-order valence-corrected chi connectivity index (χ3v) is 3.58. The molecule has 0 aliphatic carbocycles. The van der Waals surface area contributed by atoms with Crippen molar-refractivity contribution in [1.29, 1.82) is 0 Å². The van der Waals surface area contributed by atoms with Gasteiger partial charge < -0.3 is 15.2 Å². The maximum absolute atomic E-state index is 13.1. The topological polar surface area (TPSA) is 75.6 Å². The van der Waals surface area contributed by atoms with E-state index in [0.29, 0.717) is 5.69 Å². The summed E-state index contributed by atoms with van der Waals surface area (Å²) < 4.78 is 18.5. The van der Waals surface area contributed by atoms with Gasteiger partial charge in [-0.05, 0) is 18.2 Å². The van der Waals surface area contributed by atoms with Crippen LogP contribution in [0.4, 0.5) is 10.1 Å². The fraction of sp³-hybridized carbons (Fsp3) is 0.286. The second-order valence-corrected chi connectivity index (χ2v) is 4.84. The molecule has 2 heterocycles. The van der Waals surface area contributed by atoms with Gasteiger partial charge in [-0.15, -0.1) is 0 Å². The number of halogens is 1. The van der Waals surface area contributed by atoms with Crippen LogP contribution in [0.1, 0.15) is 0 Å². The van der Waals surface area contributed by atoms with Crippen LogP contribution in [0.5, 0.6) is 0 Å². The van der Waals surface area contributed by atoms with Crippen molar-refractivity contribution in [3.63, 3.8) is 0 Å². The number of carboxylic acid groups (broad SMARTS) is 1. The lowest BCUT2D eigenvalue weighted by Gasteiger charge is -2.20. The number of hydrogen-bond acceptors (Lipinski definition) is 3. The van der Waals surface area contributed by atoms with Gasteiger partial charge in [0.1, 0.15) is 11.7 Å². The Morgan fingerprint density at radius 3 is 2.55 bits per heavy atom. The van der Waals surface area contributed by atoms with Crippen molar-refractivity contribution >= 4 is 17.6 Å². The lowest BCUT2D eigenvalue weighted by molar-refractivity contribution is -0.145. The van der Waals surface area contributed by atoms with Crippen LogP contribution in [0, 0.1) is 17.7 Å². The summed E-state index contributed by atoms with van der Waals surface area (Å²) >= 11 is 0.